The summed E-state index contributed by atoms with van der Waals surface area (Å²) < 4.78 is 53.8. The third-order valence-corrected chi connectivity index (χ3v) is 5.55. The van der Waals surface area contributed by atoms with Gasteiger partial charge < -0.3 is 9.47 Å². The molecular weight excluding hydrogens is 425 g/mol. The van der Waals surface area contributed by atoms with E-state index in [0.717, 1.165) is 23.1 Å². The monoisotopic (exact) mass is 448 g/mol. The van der Waals surface area contributed by atoms with Crippen molar-refractivity contribution < 1.29 is 22.6 Å². The van der Waals surface area contributed by atoms with Crippen LogP contribution in [0.4, 0.5) is 13.2 Å². The molecule has 0 N–H and O–H groups in total. The second-order valence-corrected chi connectivity index (χ2v) is 7.62. The zero-order valence-corrected chi connectivity index (χ0v) is 18.4. The topological polar surface area (TPSA) is 18.5 Å². The minimum Gasteiger partial charge on any atom is -0.494 e. The smallest absolute Gasteiger partial charge is 0.201 e. The SMILES string of the molecule is CCc1ccc(-c2ccc(OCc3ccc(-c4ccc(OC)c(F)c4)cc3)c(F)c2F)cc1. The van der Waals surface area contributed by atoms with Crippen molar-refractivity contribution in [3.63, 3.8) is 0 Å². The predicted molar refractivity (Wildman–Crippen MR) is 124 cm³/mol. The highest BCUT2D eigenvalue weighted by Gasteiger charge is 2.16. The summed E-state index contributed by atoms with van der Waals surface area (Å²) in [4.78, 5) is 0. The fraction of sp³-hybridized carbons (Fsp3) is 0.143. The third kappa shape index (κ3) is 4.87. The summed E-state index contributed by atoms with van der Waals surface area (Å²) in [5.41, 5.74) is 4.22. The van der Waals surface area contributed by atoms with Crippen LogP contribution in [0, 0.1) is 17.5 Å². The van der Waals surface area contributed by atoms with Gasteiger partial charge >= 0.3 is 0 Å². The van der Waals surface area contributed by atoms with E-state index in [4.69, 9.17) is 9.47 Å². The van der Waals surface area contributed by atoms with Crippen LogP contribution in [0.25, 0.3) is 22.3 Å². The zero-order valence-electron chi connectivity index (χ0n) is 18.4. The van der Waals surface area contributed by atoms with Crippen LogP contribution in [0.15, 0.2) is 78.9 Å². The van der Waals surface area contributed by atoms with Crippen LogP contribution in [0.3, 0.4) is 0 Å². The van der Waals surface area contributed by atoms with Crippen LogP contribution < -0.4 is 9.47 Å². The summed E-state index contributed by atoms with van der Waals surface area (Å²) in [5.74, 6) is -2.36. The first-order chi connectivity index (χ1) is 16.0. The summed E-state index contributed by atoms with van der Waals surface area (Å²) in [6, 6.07) is 22.3. The number of halogens is 3. The van der Waals surface area contributed by atoms with Crippen molar-refractivity contribution in [3.05, 3.63) is 107 Å². The van der Waals surface area contributed by atoms with Gasteiger partial charge in [0.25, 0.3) is 0 Å². The fourth-order valence-electron chi connectivity index (χ4n) is 3.59. The molecule has 0 bridgehead atoms. The van der Waals surface area contributed by atoms with Gasteiger partial charge in [-0.15, -0.1) is 0 Å². The van der Waals surface area contributed by atoms with Gasteiger partial charge in [-0.05, 0) is 58.5 Å². The Bertz CT molecular complexity index is 1250. The van der Waals surface area contributed by atoms with Crippen LogP contribution in [0.2, 0.25) is 0 Å². The molecule has 0 aliphatic carbocycles. The molecule has 0 aromatic heterocycles. The molecule has 0 unspecified atom stereocenters. The first-order valence-electron chi connectivity index (χ1n) is 10.6. The lowest BCUT2D eigenvalue weighted by Gasteiger charge is -2.11. The lowest BCUT2D eigenvalue weighted by Crippen LogP contribution is -2.00. The first kappa shape index (κ1) is 22.5. The molecule has 4 aromatic rings. The van der Waals surface area contributed by atoms with Gasteiger partial charge in [-0.25, -0.2) is 8.78 Å². The summed E-state index contributed by atoms with van der Waals surface area (Å²) in [6.45, 7) is 2.10. The van der Waals surface area contributed by atoms with E-state index in [-0.39, 0.29) is 23.7 Å². The molecule has 0 aliphatic rings. The van der Waals surface area contributed by atoms with E-state index < -0.39 is 17.5 Å². The molecular formula is C28H23F3O2. The lowest BCUT2D eigenvalue weighted by atomic mass is 10.0. The van der Waals surface area contributed by atoms with Crippen LogP contribution in [0.5, 0.6) is 11.5 Å². The molecule has 0 heterocycles. The average molecular weight is 448 g/mol. The van der Waals surface area contributed by atoms with Crippen LogP contribution in [0.1, 0.15) is 18.1 Å². The minimum absolute atomic E-state index is 0.0676. The Morgan fingerprint density at radius 2 is 1.24 bits per heavy atom. The third-order valence-electron chi connectivity index (χ3n) is 5.55. The average Bonchev–Trinajstić information content (AvgIpc) is 2.85. The molecule has 5 heteroatoms. The maximum Gasteiger partial charge on any atom is 0.201 e. The summed E-state index contributed by atoms with van der Waals surface area (Å²) >= 11 is 0. The Labute approximate surface area is 191 Å². The molecule has 0 radical (unpaired) electrons. The number of methoxy groups -OCH3 is 1. The standard InChI is InChI=1S/C28H23F3O2/c1-3-18-4-10-21(11-5-18)23-13-15-26(28(31)27(23)30)33-17-19-6-8-20(9-7-19)22-12-14-25(32-2)24(29)16-22/h4-16H,3,17H2,1-2H3. The summed E-state index contributed by atoms with van der Waals surface area (Å²) in [7, 11) is 1.42. The second kappa shape index (κ2) is 9.82. The molecule has 0 atom stereocenters. The highest BCUT2D eigenvalue weighted by atomic mass is 19.2. The Morgan fingerprint density at radius 1 is 0.636 bits per heavy atom. The van der Waals surface area contributed by atoms with Gasteiger partial charge in [0, 0.05) is 5.56 Å². The molecule has 168 valence electrons. The van der Waals surface area contributed by atoms with E-state index in [0.29, 0.717) is 11.1 Å². The van der Waals surface area contributed by atoms with E-state index in [9.17, 15) is 13.2 Å². The number of hydrogen-bond acceptors (Lipinski definition) is 2. The highest BCUT2D eigenvalue weighted by molar-refractivity contribution is 5.66. The van der Waals surface area contributed by atoms with E-state index in [2.05, 4.69) is 0 Å². The van der Waals surface area contributed by atoms with Crippen molar-refractivity contribution in [3.8, 4) is 33.8 Å². The maximum absolute atomic E-state index is 14.7. The van der Waals surface area contributed by atoms with Crippen molar-refractivity contribution >= 4 is 0 Å². The number of benzene rings is 4. The molecule has 4 rings (SSSR count). The lowest BCUT2D eigenvalue weighted by molar-refractivity contribution is 0.285. The zero-order chi connectivity index (χ0) is 23.4. The van der Waals surface area contributed by atoms with E-state index in [1.165, 1.54) is 25.3 Å². The first-order valence-corrected chi connectivity index (χ1v) is 10.6. The fourth-order valence-corrected chi connectivity index (χ4v) is 3.59. The largest absolute Gasteiger partial charge is 0.494 e. The van der Waals surface area contributed by atoms with E-state index in [1.807, 2.05) is 31.2 Å². The molecule has 0 fully saturated rings. The molecule has 0 saturated heterocycles. The van der Waals surface area contributed by atoms with Gasteiger partial charge in [-0.2, -0.15) is 4.39 Å². The van der Waals surface area contributed by atoms with Gasteiger partial charge in [-0.1, -0.05) is 61.5 Å². The minimum atomic E-state index is -1.02. The molecule has 0 amide bonds. The molecule has 0 aliphatic heterocycles. The predicted octanol–water partition coefficient (Wildman–Crippen LogP) is 7.59. The van der Waals surface area contributed by atoms with Gasteiger partial charge in [0.1, 0.15) is 6.61 Å². The maximum atomic E-state index is 14.7. The van der Waals surface area contributed by atoms with Crippen molar-refractivity contribution in [1.29, 1.82) is 0 Å². The molecule has 0 saturated carbocycles. The number of hydrogen-bond donors (Lipinski definition) is 0. The normalized spacial score (nSPS) is 10.8. The van der Waals surface area contributed by atoms with Crippen LogP contribution in [-0.4, -0.2) is 7.11 Å². The summed E-state index contributed by atoms with van der Waals surface area (Å²) in [6.07, 6.45) is 0.877. The van der Waals surface area contributed by atoms with Gasteiger partial charge in [0.05, 0.1) is 7.11 Å². The van der Waals surface area contributed by atoms with E-state index >= 15 is 0 Å². The second-order valence-electron chi connectivity index (χ2n) is 7.62. The van der Waals surface area contributed by atoms with Crippen molar-refractivity contribution in [2.45, 2.75) is 20.0 Å². The Morgan fingerprint density at radius 3 is 1.88 bits per heavy atom. The van der Waals surface area contributed by atoms with E-state index in [1.54, 1.807) is 36.4 Å². The van der Waals surface area contributed by atoms with Crippen LogP contribution in [-0.2, 0) is 13.0 Å². The number of rotatable bonds is 7. The van der Waals surface area contributed by atoms with Crippen molar-refractivity contribution in [2.75, 3.05) is 7.11 Å². The van der Waals surface area contributed by atoms with Gasteiger partial charge in [0.15, 0.2) is 23.1 Å². The van der Waals surface area contributed by atoms with Crippen LogP contribution >= 0.6 is 0 Å². The summed E-state index contributed by atoms with van der Waals surface area (Å²) in [5, 5.41) is 0. The molecule has 2 nitrogen and oxygen atoms in total. The number of aryl methyl sites for hydroxylation is 1. The molecule has 33 heavy (non-hydrogen) atoms. The Kier molecular flexibility index (Phi) is 6.68. The Balaban J connectivity index is 1.46. The van der Waals surface area contributed by atoms with Crippen molar-refractivity contribution in [1.82, 2.24) is 0 Å². The van der Waals surface area contributed by atoms with Gasteiger partial charge in [-0.3, -0.25) is 0 Å². The van der Waals surface area contributed by atoms with Gasteiger partial charge in [0.2, 0.25) is 5.82 Å². The molecule has 0 spiro atoms. The quantitative estimate of drug-likeness (QED) is 0.290. The van der Waals surface area contributed by atoms with Crippen molar-refractivity contribution in [2.24, 2.45) is 0 Å². The number of ether oxygens (including phenoxy) is 2. The molecule has 4 aromatic carbocycles. The highest BCUT2D eigenvalue weighted by Crippen LogP contribution is 2.31. The Hall–Kier alpha value is -3.73.